The molecule has 0 radical (unpaired) electrons. The highest BCUT2D eigenvalue weighted by Gasteiger charge is 1.98. The van der Waals surface area contributed by atoms with Gasteiger partial charge in [-0.25, -0.2) is 0 Å². The lowest BCUT2D eigenvalue weighted by atomic mass is 10.2. The maximum atomic E-state index is 5.37. The molecule has 0 saturated carbocycles. The van der Waals surface area contributed by atoms with Gasteiger partial charge in [-0.1, -0.05) is 6.08 Å². The molecule has 2 nitrogen and oxygen atoms in total. The first-order chi connectivity index (χ1) is 5.81. The summed E-state index contributed by atoms with van der Waals surface area (Å²) in [6, 6.07) is 0. The van der Waals surface area contributed by atoms with E-state index in [1.165, 1.54) is 0 Å². The van der Waals surface area contributed by atoms with Gasteiger partial charge in [0.25, 0.3) is 0 Å². The van der Waals surface area contributed by atoms with Gasteiger partial charge in [0.1, 0.15) is 0 Å². The molecule has 0 aromatic heterocycles. The smallest absolute Gasteiger partial charge is 0.154 e. The Bertz CT molecular complexity index is 102. The molecule has 0 amide bonds. The Morgan fingerprint density at radius 1 is 1.33 bits per heavy atom. The minimum absolute atomic E-state index is 0.0567. The van der Waals surface area contributed by atoms with Gasteiger partial charge in [0, 0.05) is 13.2 Å². The lowest BCUT2D eigenvalue weighted by Gasteiger charge is -2.11. The fourth-order valence-corrected chi connectivity index (χ4v) is 0.923. The van der Waals surface area contributed by atoms with Gasteiger partial charge in [0.05, 0.1) is 0 Å². The van der Waals surface area contributed by atoms with Gasteiger partial charge < -0.3 is 9.47 Å². The monoisotopic (exact) mass is 172 g/mol. The zero-order valence-electron chi connectivity index (χ0n) is 8.21. The van der Waals surface area contributed by atoms with Gasteiger partial charge in [0.2, 0.25) is 0 Å². The molecule has 0 bridgehead atoms. The van der Waals surface area contributed by atoms with Crippen LogP contribution < -0.4 is 0 Å². The summed E-state index contributed by atoms with van der Waals surface area (Å²) in [6.45, 7) is 9.06. The van der Waals surface area contributed by atoms with Crippen LogP contribution in [0.3, 0.4) is 0 Å². The van der Waals surface area contributed by atoms with Crippen molar-refractivity contribution in [2.24, 2.45) is 0 Å². The zero-order valence-corrected chi connectivity index (χ0v) is 8.21. The molecule has 72 valence electrons. The van der Waals surface area contributed by atoms with E-state index in [0.717, 1.165) is 25.9 Å². The maximum Gasteiger partial charge on any atom is 0.154 e. The van der Waals surface area contributed by atoms with Crippen molar-refractivity contribution in [3.63, 3.8) is 0 Å². The van der Waals surface area contributed by atoms with Crippen LogP contribution in [0.15, 0.2) is 12.7 Å². The molecule has 0 heterocycles. The van der Waals surface area contributed by atoms with E-state index in [-0.39, 0.29) is 6.29 Å². The van der Waals surface area contributed by atoms with Crippen molar-refractivity contribution in [2.45, 2.75) is 39.4 Å². The lowest BCUT2D eigenvalue weighted by molar-refractivity contribution is -0.127. The number of hydrogen-bond donors (Lipinski definition) is 0. The van der Waals surface area contributed by atoms with Crippen molar-refractivity contribution in [3.05, 3.63) is 12.7 Å². The Balaban J connectivity index is 3.02. The zero-order chi connectivity index (χ0) is 9.23. The minimum Gasteiger partial charge on any atom is -0.353 e. The van der Waals surface area contributed by atoms with Crippen LogP contribution in [0, 0.1) is 0 Å². The van der Waals surface area contributed by atoms with Crippen LogP contribution in [0.1, 0.15) is 33.1 Å². The molecule has 0 aliphatic heterocycles. The summed E-state index contributed by atoms with van der Waals surface area (Å²) in [7, 11) is 0. The van der Waals surface area contributed by atoms with Crippen molar-refractivity contribution in [2.75, 3.05) is 13.2 Å². The van der Waals surface area contributed by atoms with Gasteiger partial charge in [-0.05, 0) is 33.1 Å². The van der Waals surface area contributed by atoms with Crippen LogP contribution in [0.25, 0.3) is 0 Å². The molecular formula is C10H20O2. The highest BCUT2D eigenvalue weighted by Crippen LogP contribution is 1.99. The molecule has 2 heteroatoms. The average Bonchev–Trinajstić information content (AvgIpc) is 2.05. The first-order valence-electron chi connectivity index (χ1n) is 4.65. The Morgan fingerprint density at radius 2 is 2.08 bits per heavy atom. The lowest BCUT2D eigenvalue weighted by Crippen LogP contribution is -2.13. The van der Waals surface area contributed by atoms with Gasteiger partial charge in [0.15, 0.2) is 6.29 Å². The van der Waals surface area contributed by atoms with E-state index in [4.69, 9.17) is 9.47 Å². The molecule has 0 fully saturated rings. The summed E-state index contributed by atoms with van der Waals surface area (Å²) in [5, 5.41) is 0. The summed E-state index contributed by atoms with van der Waals surface area (Å²) >= 11 is 0. The van der Waals surface area contributed by atoms with Crippen LogP contribution >= 0.6 is 0 Å². The SMILES string of the molecule is C=CCCCCOC(C)OCC. The van der Waals surface area contributed by atoms with Gasteiger partial charge >= 0.3 is 0 Å². The highest BCUT2D eigenvalue weighted by molar-refractivity contribution is 4.65. The molecule has 0 aromatic rings. The number of rotatable bonds is 8. The summed E-state index contributed by atoms with van der Waals surface area (Å²) in [4.78, 5) is 0. The van der Waals surface area contributed by atoms with Crippen molar-refractivity contribution >= 4 is 0 Å². The van der Waals surface area contributed by atoms with Crippen molar-refractivity contribution in [3.8, 4) is 0 Å². The molecule has 0 N–H and O–H groups in total. The van der Waals surface area contributed by atoms with Gasteiger partial charge in [-0.2, -0.15) is 0 Å². The second kappa shape index (κ2) is 8.75. The fourth-order valence-electron chi connectivity index (χ4n) is 0.923. The van der Waals surface area contributed by atoms with Crippen molar-refractivity contribution < 1.29 is 9.47 Å². The molecule has 0 spiro atoms. The average molecular weight is 172 g/mol. The predicted molar refractivity (Wildman–Crippen MR) is 51.1 cm³/mol. The van der Waals surface area contributed by atoms with E-state index in [0.29, 0.717) is 6.61 Å². The van der Waals surface area contributed by atoms with Crippen LogP contribution in [-0.2, 0) is 9.47 Å². The van der Waals surface area contributed by atoms with E-state index < -0.39 is 0 Å². The van der Waals surface area contributed by atoms with Gasteiger partial charge in [-0.3, -0.25) is 0 Å². The second-order valence-electron chi connectivity index (χ2n) is 2.68. The second-order valence-corrected chi connectivity index (χ2v) is 2.68. The number of ether oxygens (including phenoxy) is 2. The van der Waals surface area contributed by atoms with Crippen molar-refractivity contribution in [1.29, 1.82) is 0 Å². The number of hydrogen-bond acceptors (Lipinski definition) is 2. The van der Waals surface area contributed by atoms with E-state index in [1.54, 1.807) is 0 Å². The van der Waals surface area contributed by atoms with Crippen LogP contribution in [0.5, 0.6) is 0 Å². The van der Waals surface area contributed by atoms with Gasteiger partial charge in [-0.15, -0.1) is 6.58 Å². The molecule has 0 aliphatic rings. The van der Waals surface area contributed by atoms with Crippen LogP contribution in [-0.4, -0.2) is 19.5 Å². The van der Waals surface area contributed by atoms with E-state index in [1.807, 2.05) is 19.9 Å². The molecule has 0 saturated heterocycles. The number of unbranched alkanes of at least 4 members (excludes halogenated alkanes) is 2. The predicted octanol–water partition coefficient (Wildman–Crippen LogP) is 2.74. The topological polar surface area (TPSA) is 18.5 Å². The molecule has 0 rings (SSSR count). The summed E-state index contributed by atoms with van der Waals surface area (Å²) in [5.41, 5.74) is 0. The third-order valence-corrected chi connectivity index (χ3v) is 1.56. The Labute approximate surface area is 75.6 Å². The largest absolute Gasteiger partial charge is 0.353 e. The molecule has 1 unspecified atom stereocenters. The first kappa shape index (κ1) is 11.7. The standard InChI is InChI=1S/C10H20O2/c1-4-6-7-8-9-12-10(3)11-5-2/h4,10H,1,5-9H2,2-3H3. The summed E-state index contributed by atoms with van der Waals surface area (Å²) in [6.07, 6.45) is 5.20. The van der Waals surface area contributed by atoms with Crippen LogP contribution in [0.2, 0.25) is 0 Å². The number of allylic oxidation sites excluding steroid dienone is 1. The third kappa shape index (κ3) is 7.76. The Kier molecular flexibility index (Phi) is 8.51. The van der Waals surface area contributed by atoms with E-state index in [9.17, 15) is 0 Å². The molecule has 0 aliphatic carbocycles. The molecular weight excluding hydrogens is 152 g/mol. The first-order valence-corrected chi connectivity index (χ1v) is 4.65. The Hall–Kier alpha value is -0.340. The van der Waals surface area contributed by atoms with Crippen molar-refractivity contribution in [1.82, 2.24) is 0 Å². The van der Waals surface area contributed by atoms with E-state index in [2.05, 4.69) is 6.58 Å². The summed E-state index contributed by atoms with van der Waals surface area (Å²) in [5.74, 6) is 0. The normalized spacial score (nSPS) is 12.8. The molecule has 0 aromatic carbocycles. The Morgan fingerprint density at radius 3 is 2.67 bits per heavy atom. The fraction of sp³-hybridized carbons (Fsp3) is 0.800. The van der Waals surface area contributed by atoms with Crippen LogP contribution in [0.4, 0.5) is 0 Å². The third-order valence-electron chi connectivity index (χ3n) is 1.56. The minimum atomic E-state index is -0.0567. The highest BCUT2D eigenvalue weighted by atomic mass is 16.7. The molecule has 12 heavy (non-hydrogen) atoms. The summed E-state index contributed by atoms with van der Waals surface area (Å²) < 4.78 is 10.6. The maximum absolute atomic E-state index is 5.37. The quantitative estimate of drug-likeness (QED) is 0.318. The van der Waals surface area contributed by atoms with E-state index >= 15 is 0 Å². The molecule has 1 atom stereocenters.